The van der Waals surface area contributed by atoms with Crippen LogP contribution in [0.3, 0.4) is 0 Å². The molecule has 1 aromatic rings. The highest BCUT2D eigenvalue weighted by Gasteiger charge is 2.17. The van der Waals surface area contributed by atoms with Crippen molar-refractivity contribution in [2.75, 3.05) is 0 Å². The predicted octanol–water partition coefficient (Wildman–Crippen LogP) is 0.441. The molecule has 0 bridgehead atoms. The molecule has 0 unspecified atom stereocenters. The van der Waals surface area contributed by atoms with Crippen LogP contribution >= 0.6 is 0 Å². The molecule has 0 atom stereocenters. The van der Waals surface area contributed by atoms with E-state index in [1.807, 2.05) is 0 Å². The molecule has 0 radical (unpaired) electrons. The second-order valence-corrected chi connectivity index (χ2v) is 5.06. The molecule has 0 aromatic heterocycles. The Labute approximate surface area is 104 Å². The summed E-state index contributed by atoms with van der Waals surface area (Å²) >= 11 is 0. The highest BCUT2D eigenvalue weighted by Crippen LogP contribution is 2.13. The number of carboxylic acid groups (broad SMARTS) is 1. The lowest BCUT2D eigenvalue weighted by molar-refractivity contribution is -0.131. The summed E-state index contributed by atoms with van der Waals surface area (Å²) in [4.78, 5) is 21.4. The molecule has 1 aromatic carbocycles. The van der Waals surface area contributed by atoms with E-state index in [2.05, 4.69) is 0 Å². The lowest BCUT2D eigenvalue weighted by Crippen LogP contribution is -2.29. The first-order chi connectivity index (χ1) is 8.33. The molecule has 0 aliphatic carbocycles. The Morgan fingerprint density at radius 3 is 2.39 bits per heavy atom. The van der Waals surface area contributed by atoms with E-state index in [4.69, 9.17) is 5.11 Å². The lowest BCUT2D eigenvalue weighted by Gasteiger charge is -2.07. The number of aliphatic carboxylic acids is 1. The Kier molecular flexibility index (Phi) is 4.22. The zero-order valence-corrected chi connectivity index (χ0v) is 10.3. The average Bonchev–Trinajstić information content (AvgIpc) is 2.26. The largest absolute Gasteiger partial charge is 0.478 e. The molecule has 1 rings (SSSR count). The van der Waals surface area contributed by atoms with Crippen LogP contribution in [-0.2, 0) is 19.6 Å². The number of carboxylic acids is 1. The fraction of sp³-hybridized carbons (Fsp3) is 0.0909. The number of benzene rings is 1. The Morgan fingerprint density at radius 2 is 1.83 bits per heavy atom. The van der Waals surface area contributed by atoms with Crippen molar-refractivity contribution < 1.29 is 23.1 Å². The second-order valence-electron chi connectivity index (χ2n) is 3.41. The molecular formula is C11H11NO5S. The minimum absolute atomic E-state index is 0.0259. The maximum atomic E-state index is 11.8. The molecule has 96 valence electrons. The van der Waals surface area contributed by atoms with Gasteiger partial charge in [-0.05, 0) is 18.6 Å². The van der Waals surface area contributed by atoms with E-state index in [1.165, 1.54) is 12.1 Å². The molecular weight excluding hydrogens is 258 g/mol. The molecule has 18 heavy (non-hydrogen) atoms. The van der Waals surface area contributed by atoms with E-state index < -0.39 is 21.9 Å². The Morgan fingerprint density at radius 1 is 1.22 bits per heavy atom. The van der Waals surface area contributed by atoms with Crippen molar-refractivity contribution in [1.82, 2.24) is 4.72 Å². The van der Waals surface area contributed by atoms with Gasteiger partial charge < -0.3 is 5.11 Å². The molecule has 6 nitrogen and oxygen atoms in total. The monoisotopic (exact) mass is 269 g/mol. The van der Waals surface area contributed by atoms with Gasteiger partial charge in [-0.25, -0.2) is 17.9 Å². The van der Waals surface area contributed by atoms with Gasteiger partial charge >= 0.3 is 5.97 Å². The summed E-state index contributed by atoms with van der Waals surface area (Å²) in [5, 5.41) is 8.31. The third kappa shape index (κ3) is 3.70. The van der Waals surface area contributed by atoms with Crippen molar-refractivity contribution in [2.24, 2.45) is 0 Å². The van der Waals surface area contributed by atoms with Crippen LogP contribution in [0.4, 0.5) is 0 Å². The summed E-state index contributed by atoms with van der Waals surface area (Å²) in [6.07, 6.45) is 1.20. The van der Waals surface area contributed by atoms with Gasteiger partial charge in [0.2, 0.25) is 0 Å². The molecule has 0 fully saturated rings. The van der Waals surface area contributed by atoms with Crippen molar-refractivity contribution >= 4 is 21.9 Å². The Bertz CT molecular complexity index is 604. The summed E-state index contributed by atoms with van der Waals surface area (Å²) in [6, 6.07) is 6.14. The van der Waals surface area contributed by atoms with Crippen LogP contribution in [0.1, 0.15) is 5.56 Å². The maximum absolute atomic E-state index is 11.8. The average molecular weight is 269 g/mol. The van der Waals surface area contributed by atoms with E-state index in [1.54, 1.807) is 23.8 Å². The number of rotatable bonds is 4. The summed E-state index contributed by atoms with van der Waals surface area (Å²) in [5.74, 6) is -2.35. The minimum Gasteiger partial charge on any atom is -0.478 e. The summed E-state index contributed by atoms with van der Waals surface area (Å²) in [6.45, 7) is 1.59. The summed E-state index contributed by atoms with van der Waals surface area (Å²) < 4.78 is 25.3. The molecule has 1 amide bonds. The van der Waals surface area contributed by atoms with E-state index >= 15 is 0 Å². The fourth-order valence-electron chi connectivity index (χ4n) is 1.23. The van der Waals surface area contributed by atoms with Gasteiger partial charge in [-0.1, -0.05) is 18.2 Å². The molecule has 0 heterocycles. The van der Waals surface area contributed by atoms with E-state index in [9.17, 15) is 18.0 Å². The smallest absolute Gasteiger partial charge is 0.328 e. The number of hydrogen-bond donors (Lipinski definition) is 2. The molecule has 7 heteroatoms. The highest BCUT2D eigenvalue weighted by molar-refractivity contribution is 7.90. The Balaban J connectivity index is 2.94. The number of carbonyl (C=O) groups is 2. The highest BCUT2D eigenvalue weighted by atomic mass is 32.2. The third-order valence-electron chi connectivity index (χ3n) is 2.00. The predicted molar refractivity (Wildman–Crippen MR) is 63.3 cm³/mol. The fourth-order valence-corrected chi connectivity index (χ4v) is 2.42. The van der Waals surface area contributed by atoms with Gasteiger partial charge in [-0.3, -0.25) is 4.79 Å². The van der Waals surface area contributed by atoms with Gasteiger partial charge in [-0.2, -0.15) is 0 Å². The second kappa shape index (κ2) is 5.46. The SMILES string of the molecule is Cc1ccccc1S(=O)(=O)NC(=O)C=CC(=O)O. The van der Waals surface area contributed by atoms with E-state index in [0.29, 0.717) is 17.7 Å². The van der Waals surface area contributed by atoms with Crippen LogP contribution < -0.4 is 4.72 Å². The third-order valence-corrected chi connectivity index (χ3v) is 3.50. The number of aryl methyl sites for hydroxylation is 1. The first-order valence-corrected chi connectivity index (χ1v) is 6.34. The molecule has 2 N–H and O–H groups in total. The van der Waals surface area contributed by atoms with Gasteiger partial charge in [0, 0.05) is 12.2 Å². The first kappa shape index (κ1) is 13.9. The van der Waals surface area contributed by atoms with Crippen molar-refractivity contribution in [2.45, 2.75) is 11.8 Å². The molecule has 0 saturated heterocycles. The normalized spacial score (nSPS) is 11.4. The van der Waals surface area contributed by atoms with Crippen LogP contribution in [0.15, 0.2) is 41.3 Å². The topological polar surface area (TPSA) is 101 Å². The lowest BCUT2D eigenvalue weighted by atomic mass is 10.2. The van der Waals surface area contributed by atoms with Crippen LogP contribution in [0.5, 0.6) is 0 Å². The number of nitrogens with one attached hydrogen (secondary N) is 1. The van der Waals surface area contributed by atoms with Crippen LogP contribution in [0.25, 0.3) is 0 Å². The van der Waals surface area contributed by atoms with E-state index in [0.717, 1.165) is 0 Å². The standard InChI is InChI=1S/C11H11NO5S/c1-8-4-2-3-5-9(8)18(16,17)12-10(13)6-7-11(14)15/h2-7H,1H3,(H,12,13)(H,14,15). The number of sulfonamides is 1. The first-order valence-electron chi connectivity index (χ1n) is 4.86. The van der Waals surface area contributed by atoms with Gasteiger partial charge in [0.1, 0.15) is 0 Å². The Hall–Kier alpha value is -2.15. The van der Waals surface area contributed by atoms with Crippen molar-refractivity contribution in [3.05, 3.63) is 42.0 Å². The van der Waals surface area contributed by atoms with Crippen LogP contribution in [-0.4, -0.2) is 25.4 Å². The minimum atomic E-state index is -3.98. The van der Waals surface area contributed by atoms with Crippen molar-refractivity contribution in [3.63, 3.8) is 0 Å². The van der Waals surface area contributed by atoms with Gasteiger partial charge in [0.25, 0.3) is 15.9 Å². The zero-order valence-electron chi connectivity index (χ0n) is 9.45. The van der Waals surface area contributed by atoms with Gasteiger partial charge in [0.05, 0.1) is 4.90 Å². The molecule has 0 aliphatic heterocycles. The molecule has 0 saturated carbocycles. The zero-order chi connectivity index (χ0) is 13.8. The molecule has 0 spiro atoms. The van der Waals surface area contributed by atoms with Crippen LogP contribution in [0.2, 0.25) is 0 Å². The maximum Gasteiger partial charge on any atom is 0.328 e. The van der Waals surface area contributed by atoms with Gasteiger partial charge in [0.15, 0.2) is 0 Å². The number of hydrogen-bond acceptors (Lipinski definition) is 4. The van der Waals surface area contributed by atoms with Gasteiger partial charge in [-0.15, -0.1) is 0 Å². The van der Waals surface area contributed by atoms with E-state index in [-0.39, 0.29) is 4.90 Å². The van der Waals surface area contributed by atoms with Crippen molar-refractivity contribution in [3.8, 4) is 0 Å². The summed E-state index contributed by atoms with van der Waals surface area (Å²) in [5.41, 5.74) is 0.486. The summed E-state index contributed by atoms with van der Waals surface area (Å²) in [7, 11) is -3.98. The molecule has 0 aliphatic rings. The number of amides is 1. The number of carbonyl (C=O) groups excluding carboxylic acids is 1. The van der Waals surface area contributed by atoms with Crippen molar-refractivity contribution in [1.29, 1.82) is 0 Å². The van der Waals surface area contributed by atoms with Crippen LogP contribution in [0, 0.1) is 6.92 Å². The quantitative estimate of drug-likeness (QED) is 0.772.